The molecule has 1 aliphatic rings. The van der Waals surface area contributed by atoms with Gasteiger partial charge in [-0.1, -0.05) is 5.11 Å². The minimum atomic E-state index is -0.193. The van der Waals surface area contributed by atoms with Gasteiger partial charge in [0.05, 0.1) is 0 Å². The fraction of sp³-hybridized carbons (Fsp3) is 0.889. The van der Waals surface area contributed by atoms with Crippen molar-refractivity contribution in [3.63, 3.8) is 0 Å². The third kappa shape index (κ3) is 3.10. The van der Waals surface area contributed by atoms with Gasteiger partial charge in [-0.3, -0.25) is 4.79 Å². The van der Waals surface area contributed by atoms with E-state index in [4.69, 9.17) is 15.0 Å². The highest BCUT2D eigenvalue weighted by Crippen LogP contribution is 2.16. The van der Waals surface area contributed by atoms with Gasteiger partial charge in [0, 0.05) is 31.7 Å². The Morgan fingerprint density at radius 1 is 1.56 bits per heavy atom. The summed E-state index contributed by atoms with van der Waals surface area (Å²) in [6, 6.07) is 0. The Balaban J connectivity index is 2.52. The molecule has 0 aliphatic carbocycles. The largest absolute Gasteiger partial charge is 0.377 e. The third-order valence-corrected chi connectivity index (χ3v) is 2.52. The van der Waals surface area contributed by atoms with E-state index < -0.39 is 0 Å². The molecule has 0 N–H and O–H groups in total. The van der Waals surface area contributed by atoms with Crippen molar-refractivity contribution < 1.29 is 14.3 Å². The summed E-state index contributed by atoms with van der Waals surface area (Å²) in [5.41, 5.74) is 8.13. The highest BCUT2D eigenvalue weighted by atomic mass is 16.5. The first kappa shape index (κ1) is 12.8. The average Bonchev–Trinajstić information content (AvgIpc) is 2.69. The number of carbonyl (C=O) groups excluding carboxylic acids is 1. The summed E-state index contributed by atoms with van der Waals surface area (Å²) < 4.78 is 10.7. The van der Waals surface area contributed by atoms with Gasteiger partial charge in [0.2, 0.25) is 5.91 Å². The van der Waals surface area contributed by atoms with E-state index >= 15 is 0 Å². The van der Waals surface area contributed by atoms with Gasteiger partial charge in [0.25, 0.3) is 0 Å². The SMILES string of the molecule is CCO[C@@H]1CN(C(=O)CN=[N+]=[N-])C[C@H]1OC. The van der Waals surface area contributed by atoms with E-state index in [1.54, 1.807) is 12.0 Å². The van der Waals surface area contributed by atoms with E-state index in [1.807, 2.05) is 6.92 Å². The molecular formula is C9H16N4O3. The molecule has 0 aromatic heterocycles. The zero-order valence-corrected chi connectivity index (χ0v) is 9.50. The Morgan fingerprint density at radius 2 is 2.25 bits per heavy atom. The lowest BCUT2D eigenvalue weighted by Gasteiger charge is -2.15. The first-order valence-corrected chi connectivity index (χ1v) is 5.16. The second-order valence-electron chi connectivity index (χ2n) is 3.46. The molecule has 16 heavy (non-hydrogen) atoms. The van der Waals surface area contributed by atoms with Crippen LogP contribution < -0.4 is 0 Å². The lowest BCUT2D eigenvalue weighted by atomic mass is 10.2. The van der Waals surface area contributed by atoms with Gasteiger partial charge in [0.1, 0.15) is 18.8 Å². The van der Waals surface area contributed by atoms with Gasteiger partial charge >= 0.3 is 0 Å². The Morgan fingerprint density at radius 3 is 2.81 bits per heavy atom. The van der Waals surface area contributed by atoms with Crippen molar-refractivity contribution in [1.82, 2.24) is 4.90 Å². The van der Waals surface area contributed by atoms with Crippen LogP contribution in [0.1, 0.15) is 6.92 Å². The molecule has 7 heteroatoms. The molecule has 0 aromatic rings. The van der Waals surface area contributed by atoms with Crippen molar-refractivity contribution in [2.75, 3.05) is 33.4 Å². The van der Waals surface area contributed by atoms with Crippen LogP contribution in [0.3, 0.4) is 0 Å². The third-order valence-electron chi connectivity index (χ3n) is 2.52. The zero-order chi connectivity index (χ0) is 12.0. The highest BCUT2D eigenvalue weighted by Gasteiger charge is 2.35. The summed E-state index contributed by atoms with van der Waals surface area (Å²) in [5, 5.41) is 3.25. The number of likely N-dealkylation sites (tertiary alicyclic amines) is 1. The summed E-state index contributed by atoms with van der Waals surface area (Å²) in [4.78, 5) is 15.7. The molecule has 2 atom stereocenters. The van der Waals surface area contributed by atoms with Gasteiger partial charge in [-0.05, 0) is 12.5 Å². The maximum Gasteiger partial charge on any atom is 0.228 e. The molecule has 1 saturated heterocycles. The first-order chi connectivity index (χ1) is 7.72. The molecule has 0 aromatic carbocycles. The number of amides is 1. The maximum atomic E-state index is 11.6. The summed E-state index contributed by atoms with van der Waals surface area (Å²) >= 11 is 0. The molecular weight excluding hydrogens is 212 g/mol. The standard InChI is InChI=1S/C9H16N4O3/c1-3-16-8-6-13(5-7(8)15-2)9(14)4-11-12-10/h7-8H,3-6H2,1-2H3/t7-,8-/m1/s1. The Kier molecular flexibility index (Phi) is 5.04. The van der Waals surface area contributed by atoms with E-state index in [-0.39, 0.29) is 24.7 Å². The van der Waals surface area contributed by atoms with Crippen LogP contribution in [0.25, 0.3) is 10.4 Å². The molecule has 0 bridgehead atoms. The molecule has 0 unspecified atom stereocenters. The van der Waals surface area contributed by atoms with Crippen molar-refractivity contribution in [1.29, 1.82) is 0 Å². The minimum absolute atomic E-state index is 0.0926. The second kappa shape index (κ2) is 6.32. The normalized spacial score (nSPS) is 24.2. The number of methoxy groups -OCH3 is 1. The number of nitrogens with zero attached hydrogens (tertiary/aromatic N) is 4. The van der Waals surface area contributed by atoms with Crippen LogP contribution in [-0.2, 0) is 14.3 Å². The van der Waals surface area contributed by atoms with Crippen molar-refractivity contribution in [3.05, 3.63) is 10.4 Å². The van der Waals surface area contributed by atoms with Crippen LogP contribution in [0.2, 0.25) is 0 Å². The molecule has 0 saturated carbocycles. The first-order valence-electron chi connectivity index (χ1n) is 5.16. The fourth-order valence-corrected chi connectivity index (χ4v) is 1.74. The summed E-state index contributed by atoms with van der Waals surface area (Å²) in [6.45, 7) is 3.32. The molecule has 0 radical (unpaired) electrons. The smallest absolute Gasteiger partial charge is 0.228 e. The van der Waals surface area contributed by atoms with E-state index in [1.165, 1.54) is 0 Å². The van der Waals surface area contributed by atoms with Gasteiger partial charge in [0.15, 0.2) is 0 Å². The predicted molar refractivity (Wildman–Crippen MR) is 56.8 cm³/mol. The van der Waals surface area contributed by atoms with Crippen LogP contribution in [-0.4, -0.2) is 56.4 Å². The van der Waals surface area contributed by atoms with Crippen LogP contribution >= 0.6 is 0 Å². The molecule has 1 aliphatic heterocycles. The predicted octanol–water partition coefficient (Wildman–Crippen LogP) is 0.559. The van der Waals surface area contributed by atoms with Crippen molar-refractivity contribution in [2.45, 2.75) is 19.1 Å². The molecule has 7 nitrogen and oxygen atoms in total. The molecule has 1 fully saturated rings. The molecule has 0 spiro atoms. The zero-order valence-electron chi connectivity index (χ0n) is 9.50. The van der Waals surface area contributed by atoms with Crippen molar-refractivity contribution in [2.24, 2.45) is 5.11 Å². The van der Waals surface area contributed by atoms with Gasteiger partial charge < -0.3 is 14.4 Å². The summed E-state index contributed by atoms with van der Waals surface area (Å²) in [7, 11) is 1.60. The molecule has 1 rings (SSSR count). The summed E-state index contributed by atoms with van der Waals surface area (Å²) in [5.74, 6) is -0.193. The Hall–Kier alpha value is -1.30. The van der Waals surface area contributed by atoms with E-state index in [9.17, 15) is 4.79 Å². The van der Waals surface area contributed by atoms with E-state index in [0.29, 0.717) is 19.7 Å². The quantitative estimate of drug-likeness (QED) is 0.391. The average molecular weight is 228 g/mol. The van der Waals surface area contributed by atoms with Crippen LogP contribution in [0, 0.1) is 0 Å². The van der Waals surface area contributed by atoms with Gasteiger partial charge in [-0.25, -0.2) is 0 Å². The Labute approximate surface area is 93.9 Å². The van der Waals surface area contributed by atoms with Crippen LogP contribution in [0.4, 0.5) is 0 Å². The lowest BCUT2D eigenvalue weighted by molar-refractivity contribution is -0.129. The molecule has 1 heterocycles. The fourth-order valence-electron chi connectivity index (χ4n) is 1.74. The number of hydrogen-bond donors (Lipinski definition) is 0. The molecule has 1 amide bonds. The molecule has 90 valence electrons. The number of carbonyl (C=O) groups is 1. The number of hydrogen-bond acceptors (Lipinski definition) is 4. The Bertz CT molecular complexity index is 290. The van der Waals surface area contributed by atoms with Gasteiger partial charge in [-0.15, -0.1) is 0 Å². The van der Waals surface area contributed by atoms with E-state index in [2.05, 4.69) is 10.0 Å². The second-order valence-corrected chi connectivity index (χ2v) is 3.46. The topological polar surface area (TPSA) is 87.5 Å². The van der Waals surface area contributed by atoms with Gasteiger partial charge in [-0.2, -0.15) is 0 Å². The minimum Gasteiger partial charge on any atom is -0.377 e. The summed E-state index contributed by atoms with van der Waals surface area (Å²) in [6.07, 6.45) is -0.194. The van der Waals surface area contributed by atoms with E-state index in [0.717, 1.165) is 0 Å². The van der Waals surface area contributed by atoms with Crippen molar-refractivity contribution >= 4 is 5.91 Å². The monoisotopic (exact) mass is 228 g/mol. The number of rotatable bonds is 5. The lowest BCUT2D eigenvalue weighted by Crippen LogP contribution is -2.31. The highest BCUT2D eigenvalue weighted by molar-refractivity contribution is 5.78. The van der Waals surface area contributed by atoms with Crippen LogP contribution in [0.15, 0.2) is 5.11 Å². The van der Waals surface area contributed by atoms with Crippen LogP contribution in [0.5, 0.6) is 0 Å². The number of ether oxygens (including phenoxy) is 2. The van der Waals surface area contributed by atoms with Crippen molar-refractivity contribution in [3.8, 4) is 0 Å². The maximum absolute atomic E-state index is 11.6. The number of azide groups is 1.